The van der Waals surface area contributed by atoms with E-state index in [1.165, 1.54) is 0 Å². The second kappa shape index (κ2) is 10.1. The van der Waals surface area contributed by atoms with Crippen LogP contribution in [0.1, 0.15) is 11.6 Å². The number of nitrogens with one attached hydrogen (secondary N) is 1. The van der Waals surface area contributed by atoms with Gasteiger partial charge in [0, 0.05) is 29.1 Å². The second-order valence-electron chi connectivity index (χ2n) is 6.23. The standard InChI is InChI=1S/C20H22BrClN2O3/c21-15-5-7-16(8-6-15)27-14-20(25)23-13-19(24-9-11-26-12-10-24)17-3-1-2-4-18(17)22/h1-8,19H,9-14H2,(H,23,25). The van der Waals surface area contributed by atoms with Gasteiger partial charge in [-0.15, -0.1) is 0 Å². The molecule has 1 fully saturated rings. The van der Waals surface area contributed by atoms with E-state index in [2.05, 4.69) is 26.1 Å². The lowest BCUT2D eigenvalue weighted by molar-refractivity contribution is -0.123. The molecule has 1 heterocycles. The fraction of sp³-hybridized carbons (Fsp3) is 0.350. The Morgan fingerprint density at radius 2 is 1.89 bits per heavy atom. The van der Waals surface area contributed by atoms with Gasteiger partial charge in [0.1, 0.15) is 5.75 Å². The van der Waals surface area contributed by atoms with Gasteiger partial charge in [-0.3, -0.25) is 9.69 Å². The number of hydrogen-bond donors (Lipinski definition) is 1. The van der Waals surface area contributed by atoms with Crippen molar-refractivity contribution in [3.8, 4) is 5.75 Å². The molecule has 1 aliphatic heterocycles. The van der Waals surface area contributed by atoms with E-state index in [0.717, 1.165) is 23.1 Å². The van der Waals surface area contributed by atoms with E-state index in [1.54, 1.807) is 0 Å². The zero-order valence-corrected chi connectivity index (χ0v) is 17.2. The van der Waals surface area contributed by atoms with Crippen LogP contribution in [0.25, 0.3) is 0 Å². The summed E-state index contributed by atoms with van der Waals surface area (Å²) >= 11 is 9.78. The monoisotopic (exact) mass is 452 g/mol. The molecule has 3 rings (SSSR count). The normalized spacial score (nSPS) is 15.9. The summed E-state index contributed by atoms with van der Waals surface area (Å²) in [6.07, 6.45) is 0. The number of amides is 1. The molecule has 0 aliphatic carbocycles. The molecule has 1 atom stereocenters. The number of halogens is 2. The average Bonchev–Trinajstić information content (AvgIpc) is 2.70. The van der Waals surface area contributed by atoms with E-state index in [-0.39, 0.29) is 18.6 Å². The third kappa shape index (κ3) is 5.94. The van der Waals surface area contributed by atoms with Crippen LogP contribution in [0, 0.1) is 0 Å². The molecule has 0 aromatic heterocycles. The number of morpholine rings is 1. The van der Waals surface area contributed by atoms with Crippen LogP contribution in [-0.2, 0) is 9.53 Å². The number of carbonyl (C=O) groups is 1. The van der Waals surface area contributed by atoms with Crippen molar-refractivity contribution in [1.82, 2.24) is 10.2 Å². The predicted octanol–water partition coefficient (Wildman–Crippen LogP) is 3.67. The van der Waals surface area contributed by atoms with E-state index in [1.807, 2.05) is 48.5 Å². The molecule has 5 nitrogen and oxygen atoms in total. The Kier molecular flexibility index (Phi) is 7.52. The van der Waals surface area contributed by atoms with Gasteiger partial charge in [0.05, 0.1) is 19.3 Å². The van der Waals surface area contributed by atoms with Gasteiger partial charge in [0.25, 0.3) is 5.91 Å². The first-order valence-electron chi connectivity index (χ1n) is 8.85. The first-order chi connectivity index (χ1) is 13.1. The van der Waals surface area contributed by atoms with Crippen LogP contribution in [0.3, 0.4) is 0 Å². The van der Waals surface area contributed by atoms with Crippen molar-refractivity contribution in [3.05, 3.63) is 63.6 Å². The molecule has 2 aromatic carbocycles. The average molecular weight is 454 g/mol. The number of hydrogen-bond acceptors (Lipinski definition) is 4. The fourth-order valence-electron chi connectivity index (χ4n) is 3.01. The number of carbonyl (C=O) groups excluding carboxylic acids is 1. The smallest absolute Gasteiger partial charge is 0.258 e. The highest BCUT2D eigenvalue weighted by Crippen LogP contribution is 2.27. The summed E-state index contributed by atoms with van der Waals surface area (Å²) in [5, 5.41) is 3.68. The number of nitrogens with zero attached hydrogens (tertiary/aromatic N) is 1. The zero-order chi connectivity index (χ0) is 19.1. The largest absolute Gasteiger partial charge is 0.484 e. The zero-order valence-electron chi connectivity index (χ0n) is 14.9. The Bertz CT molecular complexity index is 751. The summed E-state index contributed by atoms with van der Waals surface area (Å²) in [6.45, 7) is 3.41. The van der Waals surface area contributed by atoms with Crippen molar-refractivity contribution in [2.24, 2.45) is 0 Å². The lowest BCUT2D eigenvalue weighted by Crippen LogP contribution is -2.44. The Balaban J connectivity index is 1.59. The van der Waals surface area contributed by atoms with Crippen molar-refractivity contribution >= 4 is 33.4 Å². The number of benzene rings is 2. The van der Waals surface area contributed by atoms with Gasteiger partial charge in [0.15, 0.2) is 6.61 Å². The first-order valence-corrected chi connectivity index (χ1v) is 10.0. The van der Waals surface area contributed by atoms with Crippen LogP contribution in [0.5, 0.6) is 5.75 Å². The Labute approximate surface area is 172 Å². The predicted molar refractivity (Wildman–Crippen MR) is 109 cm³/mol. The molecular formula is C20H22BrClN2O3. The summed E-state index contributed by atoms with van der Waals surface area (Å²) in [5.41, 5.74) is 1.01. The third-order valence-corrected chi connectivity index (χ3v) is 5.30. The lowest BCUT2D eigenvalue weighted by Gasteiger charge is -2.35. The molecule has 27 heavy (non-hydrogen) atoms. The maximum atomic E-state index is 12.3. The Hall–Kier alpha value is -1.60. The van der Waals surface area contributed by atoms with Crippen LogP contribution in [0.4, 0.5) is 0 Å². The Morgan fingerprint density at radius 1 is 1.19 bits per heavy atom. The maximum Gasteiger partial charge on any atom is 0.258 e. The van der Waals surface area contributed by atoms with Crippen LogP contribution in [0.15, 0.2) is 53.0 Å². The first kappa shape index (κ1) is 20.1. The summed E-state index contributed by atoms with van der Waals surface area (Å²) in [5.74, 6) is 0.493. The van der Waals surface area contributed by atoms with Gasteiger partial charge in [-0.1, -0.05) is 45.7 Å². The SMILES string of the molecule is O=C(COc1ccc(Br)cc1)NCC(c1ccccc1Cl)N1CCOCC1. The van der Waals surface area contributed by atoms with Crippen molar-refractivity contribution in [2.45, 2.75) is 6.04 Å². The van der Waals surface area contributed by atoms with Crippen LogP contribution in [-0.4, -0.2) is 50.3 Å². The van der Waals surface area contributed by atoms with Crippen LogP contribution >= 0.6 is 27.5 Å². The maximum absolute atomic E-state index is 12.3. The van der Waals surface area contributed by atoms with Crippen molar-refractivity contribution < 1.29 is 14.3 Å². The van der Waals surface area contributed by atoms with Gasteiger partial charge < -0.3 is 14.8 Å². The highest BCUT2D eigenvalue weighted by Gasteiger charge is 2.24. The molecule has 0 bridgehead atoms. The lowest BCUT2D eigenvalue weighted by atomic mass is 10.0. The van der Waals surface area contributed by atoms with E-state index >= 15 is 0 Å². The van der Waals surface area contributed by atoms with Crippen molar-refractivity contribution in [3.63, 3.8) is 0 Å². The summed E-state index contributed by atoms with van der Waals surface area (Å²) in [4.78, 5) is 14.6. The molecule has 0 spiro atoms. The summed E-state index contributed by atoms with van der Waals surface area (Å²) in [6, 6.07) is 15.1. The Morgan fingerprint density at radius 3 is 2.59 bits per heavy atom. The molecule has 1 saturated heterocycles. The molecule has 1 amide bonds. The molecule has 1 aliphatic rings. The van der Waals surface area contributed by atoms with Crippen molar-refractivity contribution in [2.75, 3.05) is 39.5 Å². The third-order valence-electron chi connectivity index (χ3n) is 4.43. The van der Waals surface area contributed by atoms with Crippen LogP contribution in [0.2, 0.25) is 5.02 Å². The summed E-state index contributed by atoms with van der Waals surface area (Å²) in [7, 11) is 0. The fourth-order valence-corrected chi connectivity index (χ4v) is 3.54. The topological polar surface area (TPSA) is 50.8 Å². The van der Waals surface area contributed by atoms with Gasteiger partial charge in [-0.05, 0) is 35.9 Å². The van der Waals surface area contributed by atoms with Crippen LogP contribution < -0.4 is 10.1 Å². The van der Waals surface area contributed by atoms with Gasteiger partial charge in [0.2, 0.25) is 0 Å². The van der Waals surface area contributed by atoms with E-state index < -0.39 is 0 Å². The highest BCUT2D eigenvalue weighted by atomic mass is 79.9. The van der Waals surface area contributed by atoms with E-state index in [9.17, 15) is 4.79 Å². The molecule has 1 N–H and O–H groups in total. The molecule has 2 aromatic rings. The van der Waals surface area contributed by atoms with E-state index in [4.69, 9.17) is 21.1 Å². The number of rotatable bonds is 7. The molecule has 7 heteroatoms. The molecule has 1 unspecified atom stereocenters. The molecule has 0 saturated carbocycles. The van der Waals surface area contributed by atoms with Gasteiger partial charge in [-0.2, -0.15) is 0 Å². The highest BCUT2D eigenvalue weighted by molar-refractivity contribution is 9.10. The van der Waals surface area contributed by atoms with Gasteiger partial charge in [-0.25, -0.2) is 0 Å². The molecule has 144 valence electrons. The minimum atomic E-state index is -0.164. The van der Waals surface area contributed by atoms with Gasteiger partial charge >= 0.3 is 0 Å². The summed E-state index contributed by atoms with van der Waals surface area (Å²) < 4.78 is 12.0. The molecule has 0 radical (unpaired) electrons. The van der Waals surface area contributed by atoms with E-state index in [0.29, 0.717) is 30.5 Å². The second-order valence-corrected chi connectivity index (χ2v) is 7.56. The van der Waals surface area contributed by atoms with Crippen molar-refractivity contribution in [1.29, 1.82) is 0 Å². The number of ether oxygens (including phenoxy) is 2. The minimum absolute atomic E-state index is 0.000712. The molecular weight excluding hydrogens is 432 g/mol. The quantitative estimate of drug-likeness (QED) is 0.695. The minimum Gasteiger partial charge on any atom is -0.484 e.